The maximum atomic E-state index is 13.1. The summed E-state index contributed by atoms with van der Waals surface area (Å²) in [5, 5.41) is 10.6. The first-order valence-electron chi connectivity index (χ1n) is 39.9. The van der Waals surface area contributed by atoms with Crippen LogP contribution in [0, 0.1) is 17.8 Å². The molecule has 0 saturated heterocycles. The van der Waals surface area contributed by atoms with E-state index in [2.05, 4.69) is 48.5 Å². The lowest BCUT2D eigenvalue weighted by molar-refractivity contribution is -0.161. The van der Waals surface area contributed by atoms with E-state index in [9.17, 15) is 43.2 Å². The molecule has 0 fully saturated rings. The van der Waals surface area contributed by atoms with Crippen LogP contribution in [-0.2, 0) is 65.4 Å². The molecule has 0 aromatic heterocycles. The minimum absolute atomic E-state index is 0.106. The van der Waals surface area contributed by atoms with Crippen LogP contribution >= 0.6 is 15.6 Å². The number of ether oxygens (including phenoxy) is 4. The fourth-order valence-electron chi connectivity index (χ4n) is 11.7. The minimum Gasteiger partial charge on any atom is -0.462 e. The molecule has 6 atom stereocenters. The standard InChI is InChI=1S/C77H150O17P2/c1-8-10-11-12-13-14-15-25-32-37-46-53-60-76(81)94-73(65-88-75(80)59-52-45-40-39-42-49-56-69(5)6)67-92-96(85,86)90-63-71(78)62-89-95(83,84)91-66-72(64-87-74(79)58-51-44-36-31-28-27-30-35-43-50-57-70(7)9-2)93-77(82)61-54-47-38-33-26-23-21-19-17-16-18-20-22-24-29-34-41-48-55-68(3)4/h68-73,78H,8-67H2,1-7H3,(H,83,84)(H,85,86)/t70?,71-,72-,73-/m1/s1. The molecular weight excluding hydrogens is 1260 g/mol. The largest absolute Gasteiger partial charge is 0.472 e. The van der Waals surface area contributed by atoms with Gasteiger partial charge in [-0.3, -0.25) is 37.3 Å². The number of aliphatic hydroxyl groups excluding tert-OH is 1. The van der Waals surface area contributed by atoms with Gasteiger partial charge in [0.05, 0.1) is 26.4 Å². The van der Waals surface area contributed by atoms with Crippen molar-refractivity contribution in [1.82, 2.24) is 0 Å². The Bertz CT molecular complexity index is 1870. The van der Waals surface area contributed by atoms with Crippen molar-refractivity contribution in [2.24, 2.45) is 17.8 Å². The first-order valence-corrected chi connectivity index (χ1v) is 42.9. The molecule has 0 heterocycles. The summed E-state index contributed by atoms with van der Waals surface area (Å²) < 4.78 is 68.5. The summed E-state index contributed by atoms with van der Waals surface area (Å²) in [5.74, 6) is 0.191. The van der Waals surface area contributed by atoms with E-state index in [0.717, 1.165) is 108 Å². The SMILES string of the molecule is CCCCCCCCCCCCCCC(=O)O[C@H](COC(=O)CCCCCCCCC(C)C)COP(=O)(O)OC[C@H](O)COP(=O)(O)OC[C@@H](COC(=O)CCCCCCCCCCCCC(C)CC)OC(=O)CCCCCCCCCCCCCCCCCCCCC(C)C. The monoisotopic (exact) mass is 1410 g/mol. The molecule has 0 aliphatic rings. The molecule has 3 N–H and O–H groups in total. The van der Waals surface area contributed by atoms with Crippen molar-refractivity contribution < 1.29 is 80.2 Å². The summed E-state index contributed by atoms with van der Waals surface area (Å²) in [6, 6.07) is 0. The van der Waals surface area contributed by atoms with Gasteiger partial charge in [0.25, 0.3) is 0 Å². The highest BCUT2D eigenvalue weighted by molar-refractivity contribution is 7.47. The zero-order valence-corrected chi connectivity index (χ0v) is 64.6. The summed E-state index contributed by atoms with van der Waals surface area (Å²) in [7, 11) is -9.91. The first kappa shape index (κ1) is 94.1. The highest BCUT2D eigenvalue weighted by Gasteiger charge is 2.30. The van der Waals surface area contributed by atoms with Crippen molar-refractivity contribution in [1.29, 1.82) is 0 Å². The molecule has 17 nitrogen and oxygen atoms in total. The highest BCUT2D eigenvalue weighted by Crippen LogP contribution is 2.45. The minimum atomic E-state index is -4.96. The summed E-state index contributed by atoms with van der Waals surface area (Å²) in [4.78, 5) is 72.8. The highest BCUT2D eigenvalue weighted by atomic mass is 31.2. The predicted molar refractivity (Wildman–Crippen MR) is 391 cm³/mol. The Morgan fingerprint density at radius 1 is 0.302 bits per heavy atom. The molecule has 570 valence electrons. The van der Waals surface area contributed by atoms with Crippen LogP contribution in [0.15, 0.2) is 0 Å². The van der Waals surface area contributed by atoms with Crippen molar-refractivity contribution in [2.45, 2.75) is 414 Å². The molecule has 0 spiro atoms. The molecule has 0 saturated carbocycles. The maximum Gasteiger partial charge on any atom is 0.472 e. The van der Waals surface area contributed by atoms with E-state index in [0.29, 0.717) is 31.6 Å². The number of phosphoric ester groups is 2. The van der Waals surface area contributed by atoms with Crippen molar-refractivity contribution in [3.05, 3.63) is 0 Å². The van der Waals surface area contributed by atoms with Gasteiger partial charge in [0, 0.05) is 25.7 Å². The number of carbonyl (C=O) groups is 4. The van der Waals surface area contributed by atoms with Gasteiger partial charge in [-0.1, -0.05) is 344 Å². The fourth-order valence-corrected chi connectivity index (χ4v) is 13.3. The van der Waals surface area contributed by atoms with Gasteiger partial charge < -0.3 is 33.8 Å². The quantitative estimate of drug-likeness (QED) is 0.0222. The number of esters is 4. The van der Waals surface area contributed by atoms with Gasteiger partial charge in [0.2, 0.25) is 0 Å². The van der Waals surface area contributed by atoms with Crippen LogP contribution < -0.4 is 0 Å². The van der Waals surface area contributed by atoms with Crippen LogP contribution in [0.2, 0.25) is 0 Å². The van der Waals surface area contributed by atoms with Gasteiger partial charge in [0.15, 0.2) is 12.2 Å². The molecule has 0 bridgehead atoms. The Morgan fingerprint density at radius 2 is 0.531 bits per heavy atom. The number of carbonyl (C=O) groups excluding carboxylic acids is 4. The number of hydrogen-bond donors (Lipinski definition) is 3. The van der Waals surface area contributed by atoms with E-state index in [1.807, 2.05) is 0 Å². The maximum absolute atomic E-state index is 13.1. The van der Waals surface area contributed by atoms with Crippen molar-refractivity contribution in [2.75, 3.05) is 39.6 Å². The first-order chi connectivity index (χ1) is 46.3. The fraction of sp³-hybridized carbons (Fsp3) is 0.948. The van der Waals surface area contributed by atoms with Crippen molar-refractivity contribution in [3.8, 4) is 0 Å². The van der Waals surface area contributed by atoms with Crippen LogP contribution in [0.5, 0.6) is 0 Å². The second kappa shape index (κ2) is 67.5. The smallest absolute Gasteiger partial charge is 0.462 e. The average Bonchev–Trinajstić information content (AvgIpc) is 2.04. The van der Waals surface area contributed by atoms with E-state index < -0.39 is 97.5 Å². The topological polar surface area (TPSA) is 237 Å². The third-order valence-electron chi connectivity index (χ3n) is 18.2. The van der Waals surface area contributed by atoms with Gasteiger partial charge in [-0.2, -0.15) is 0 Å². The zero-order chi connectivity index (χ0) is 70.9. The van der Waals surface area contributed by atoms with E-state index in [1.165, 1.54) is 199 Å². The van der Waals surface area contributed by atoms with Gasteiger partial charge >= 0.3 is 39.5 Å². The third kappa shape index (κ3) is 69.2. The lowest BCUT2D eigenvalue weighted by Crippen LogP contribution is -2.30. The van der Waals surface area contributed by atoms with E-state index >= 15 is 0 Å². The molecule has 0 aromatic carbocycles. The van der Waals surface area contributed by atoms with Gasteiger partial charge in [-0.05, 0) is 43.4 Å². The second-order valence-corrected chi connectivity index (χ2v) is 31.8. The van der Waals surface area contributed by atoms with E-state index in [1.54, 1.807) is 0 Å². The van der Waals surface area contributed by atoms with Gasteiger partial charge in [-0.25, -0.2) is 9.13 Å². The number of unbranched alkanes of at least 4 members (excludes halogenated alkanes) is 42. The lowest BCUT2D eigenvalue weighted by Gasteiger charge is -2.21. The Hall–Kier alpha value is -1.94. The predicted octanol–water partition coefficient (Wildman–Crippen LogP) is 22.6. The molecule has 96 heavy (non-hydrogen) atoms. The van der Waals surface area contributed by atoms with Crippen LogP contribution in [0.3, 0.4) is 0 Å². The molecule has 0 aromatic rings. The Kier molecular flexibility index (Phi) is 66.2. The van der Waals surface area contributed by atoms with Crippen LogP contribution in [0.1, 0.15) is 395 Å². The molecule has 0 aliphatic heterocycles. The molecule has 0 rings (SSSR count). The van der Waals surface area contributed by atoms with Crippen molar-refractivity contribution in [3.63, 3.8) is 0 Å². The number of rotatable bonds is 75. The van der Waals surface area contributed by atoms with Gasteiger partial charge in [0.1, 0.15) is 19.3 Å². The molecule has 0 amide bonds. The summed E-state index contributed by atoms with van der Waals surface area (Å²) in [5.41, 5.74) is 0. The molecular formula is C77H150O17P2. The average molecular weight is 1410 g/mol. The second-order valence-electron chi connectivity index (χ2n) is 28.9. The molecule has 19 heteroatoms. The van der Waals surface area contributed by atoms with Crippen LogP contribution in [-0.4, -0.2) is 96.7 Å². The molecule has 0 radical (unpaired) electrons. The summed E-state index contributed by atoms with van der Waals surface area (Å²) in [6.45, 7) is 11.9. The van der Waals surface area contributed by atoms with Gasteiger partial charge in [-0.15, -0.1) is 0 Å². The zero-order valence-electron chi connectivity index (χ0n) is 62.8. The molecule has 3 unspecified atom stereocenters. The Labute approximate surface area is 588 Å². The van der Waals surface area contributed by atoms with Crippen LogP contribution in [0.25, 0.3) is 0 Å². The third-order valence-corrected chi connectivity index (χ3v) is 20.1. The number of phosphoric acid groups is 2. The number of hydrogen-bond acceptors (Lipinski definition) is 15. The van der Waals surface area contributed by atoms with Crippen molar-refractivity contribution >= 4 is 39.5 Å². The Balaban J connectivity index is 5.20. The molecule has 0 aliphatic carbocycles. The normalized spacial score (nSPS) is 14.3. The van der Waals surface area contributed by atoms with E-state index in [4.69, 9.17) is 37.0 Å². The van der Waals surface area contributed by atoms with Crippen LogP contribution in [0.4, 0.5) is 0 Å². The van der Waals surface area contributed by atoms with E-state index in [-0.39, 0.29) is 25.7 Å². The Morgan fingerprint density at radius 3 is 0.792 bits per heavy atom. The number of aliphatic hydroxyl groups is 1. The summed E-state index contributed by atoms with van der Waals surface area (Å²) >= 11 is 0. The lowest BCUT2D eigenvalue weighted by atomic mass is 9.99. The summed E-state index contributed by atoms with van der Waals surface area (Å²) in [6.07, 6.45) is 54.2.